The second-order valence-electron chi connectivity index (χ2n) is 3.95. The van der Waals surface area contributed by atoms with Crippen LogP contribution in [-0.2, 0) is 11.3 Å². The van der Waals surface area contributed by atoms with E-state index in [2.05, 4.69) is 10.3 Å². The molecule has 15 heavy (non-hydrogen) atoms. The Bertz CT molecular complexity index is 294. The van der Waals surface area contributed by atoms with Gasteiger partial charge in [0.1, 0.15) is 0 Å². The lowest BCUT2D eigenvalue weighted by Crippen LogP contribution is -2.35. The van der Waals surface area contributed by atoms with Crippen LogP contribution in [0.15, 0.2) is 18.3 Å². The van der Waals surface area contributed by atoms with Crippen molar-refractivity contribution in [3.8, 4) is 0 Å². The first-order valence-corrected chi connectivity index (χ1v) is 5.16. The second-order valence-corrected chi connectivity index (χ2v) is 3.95. The third-order valence-corrected chi connectivity index (χ3v) is 2.45. The van der Waals surface area contributed by atoms with Crippen molar-refractivity contribution in [2.75, 3.05) is 6.61 Å². The van der Waals surface area contributed by atoms with Crippen molar-refractivity contribution in [3.63, 3.8) is 0 Å². The summed E-state index contributed by atoms with van der Waals surface area (Å²) in [7, 11) is 0. The van der Waals surface area contributed by atoms with Gasteiger partial charge in [0.2, 0.25) is 5.91 Å². The smallest absolute Gasteiger partial charge is 0.226 e. The first-order valence-electron chi connectivity index (χ1n) is 5.16. The predicted octanol–water partition coefficient (Wildman–Crippen LogP) is 0.895. The molecule has 0 aliphatic rings. The maximum absolute atomic E-state index is 11.6. The van der Waals surface area contributed by atoms with Gasteiger partial charge in [0.25, 0.3) is 0 Å². The monoisotopic (exact) mass is 210 g/mol. The van der Waals surface area contributed by atoms with Gasteiger partial charge in [-0.15, -0.1) is 0 Å². The Morgan fingerprint density at radius 1 is 1.60 bits per heavy atom. The molecule has 4 nitrogen and oxygen atoms in total. The first kappa shape index (κ1) is 11.8. The number of aromatic nitrogens is 1. The number of carbonyl (C=O) groups is 1. The van der Waals surface area contributed by atoms with Crippen LogP contribution in [0.5, 0.6) is 0 Å². The summed E-state index contributed by atoms with van der Waals surface area (Å²) in [5.74, 6) is -0.263. The van der Waals surface area contributed by atoms with Crippen LogP contribution < -0.4 is 5.32 Å². The zero-order valence-corrected chi connectivity index (χ0v) is 9.16. The Kier molecular flexibility index (Phi) is 4.37. The number of hydrogen-bond donors (Lipinski definition) is 3. The predicted molar refractivity (Wildman–Crippen MR) is 58.1 cm³/mol. The molecule has 1 amide bonds. The molecule has 1 unspecified atom stereocenters. The molecule has 1 rings (SSSR count). The molecular weight excluding hydrogens is 192 g/mol. The fourth-order valence-corrected chi connectivity index (χ4v) is 1.39. The van der Waals surface area contributed by atoms with Crippen molar-refractivity contribution in [3.05, 3.63) is 24.0 Å². The third kappa shape index (κ3) is 3.40. The topological polar surface area (TPSA) is 65.1 Å². The van der Waals surface area contributed by atoms with Crippen LogP contribution in [0.4, 0.5) is 0 Å². The van der Waals surface area contributed by atoms with E-state index in [1.165, 1.54) is 0 Å². The number of hydrogen-bond acceptors (Lipinski definition) is 2. The molecule has 1 aromatic rings. The summed E-state index contributed by atoms with van der Waals surface area (Å²) in [6.07, 6.45) is 1.81. The highest BCUT2D eigenvalue weighted by atomic mass is 16.3. The van der Waals surface area contributed by atoms with Crippen molar-refractivity contribution >= 4 is 5.91 Å². The first-order chi connectivity index (χ1) is 7.15. The molecule has 0 saturated carbocycles. The summed E-state index contributed by atoms with van der Waals surface area (Å²) in [5.41, 5.74) is 0.962. The standard InChI is InChI=1S/C11H18N2O2/c1-8(2)10(7-14)11(15)13-6-9-4-3-5-12-9/h3-5,8,10,12,14H,6-7H2,1-2H3,(H,13,15). The van der Waals surface area contributed by atoms with Crippen LogP contribution in [0.3, 0.4) is 0 Å². The summed E-state index contributed by atoms with van der Waals surface area (Å²) >= 11 is 0. The van der Waals surface area contributed by atoms with Crippen molar-refractivity contribution in [2.24, 2.45) is 11.8 Å². The molecule has 1 heterocycles. The molecule has 3 N–H and O–H groups in total. The molecule has 0 bridgehead atoms. The number of nitrogens with one attached hydrogen (secondary N) is 2. The van der Waals surface area contributed by atoms with E-state index in [0.717, 1.165) is 5.69 Å². The normalized spacial score (nSPS) is 12.8. The van der Waals surface area contributed by atoms with E-state index in [-0.39, 0.29) is 24.3 Å². The van der Waals surface area contributed by atoms with E-state index in [0.29, 0.717) is 6.54 Å². The number of aromatic amines is 1. The van der Waals surface area contributed by atoms with Crippen LogP contribution >= 0.6 is 0 Å². The van der Waals surface area contributed by atoms with Gasteiger partial charge in [0.15, 0.2) is 0 Å². The van der Waals surface area contributed by atoms with Crippen molar-refractivity contribution in [1.82, 2.24) is 10.3 Å². The number of aliphatic hydroxyl groups is 1. The fourth-order valence-electron chi connectivity index (χ4n) is 1.39. The van der Waals surface area contributed by atoms with Crippen LogP contribution in [0.25, 0.3) is 0 Å². The van der Waals surface area contributed by atoms with E-state index in [1.807, 2.05) is 32.2 Å². The highest BCUT2D eigenvalue weighted by Gasteiger charge is 2.20. The Morgan fingerprint density at radius 2 is 2.33 bits per heavy atom. The third-order valence-electron chi connectivity index (χ3n) is 2.45. The minimum absolute atomic E-state index is 0.0953. The van der Waals surface area contributed by atoms with Gasteiger partial charge >= 0.3 is 0 Å². The molecule has 0 aliphatic heterocycles. The molecule has 0 spiro atoms. The lowest BCUT2D eigenvalue weighted by atomic mass is 9.96. The number of amides is 1. The van der Waals surface area contributed by atoms with Gasteiger partial charge in [-0.05, 0) is 18.1 Å². The van der Waals surface area contributed by atoms with Gasteiger partial charge in [-0.1, -0.05) is 13.8 Å². The maximum atomic E-state index is 11.6. The van der Waals surface area contributed by atoms with E-state index >= 15 is 0 Å². The number of H-pyrrole nitrogens is 1. The average molecular weight is 210 g/mol. The number of carbonyl (C=O) groups excluding carboxylic acids is 1. The molecule has 84 valence electrons. The summed E-state index contributed by atoms with van der Waals surface area (Å²) in [5, 5.41) is 11.8. The number of aliphatic hydroxyl groups excluding tert-OH is 1. The molecule has 4 heteroatoms. The summed E-state index contributed by atoms with van der Waals surface area (Å²) in [6, 6.07) is 3.79. The number of rotatable bonds is 5. The van der Waals surface area contributed by atoms with Gasteiger partial charge in [-0.3, -0.25) is 4.79 Å². The summed E-state index contributed by atoms with van der Waals surface area (Å²) in [6.45, 7) is 4.23. The lowest BCUT2D eigenvalue weighted by Gasteiger charge is -2.17. The second kappa shape index (κ2) is 5.56. The molecule has 1 atom stereocenters. The molecule has 0 fully saturated rings. The highest BCUT2D eigenvalue weighted by molar-refractivity contribution is 5.78. The van der Waals surface area contributed by atoms with Crippen molar-refractivity contribution in [2.45, 2.75) is 20.4 Å². The zero-order chi connectivity index (χ0) is 11.3. The fraction of sp³-hybridized carbons (Fsp3) is 0.545. The quantitative estimate of drug-likeness (QED) is 0.676. The van der Waals surface area contributed by atoms with E-state index in [1.54, 1.807) is 0 Å². The minimum atomic E-state index is -0.319. The SMILES string of the molecule is CC(C)C(CO)C(=O)NCc1ccc[nH]1. The summed E-state index contributed by atoms with van der Waals surface area (Å²) in [4.78, 5) is 14.6. The molecule has 0 saturated heterocycles. The van der Waals surface area contributed by atoms with Crippen molar-refractivity contribution < 1.29 is 9.90 Å². The molecule has 0 radical (unpaired) electrons. The average Bonchev–Trinajstić information content (AvgIpc) is 2.67. The van der Waals surface area contributed by atoms with E-state index in [4.69, 9.17) is 5.11 Å². The van der Waals surface area contributed by atoms with Crippen LogP contribution in [0.2, 0.25) is 0 Å². The Morgan fingerprint density at radius 3 is 2.80 bits per heavy atom. The van der Waals surface area contributed by atoms with Gasteiger partial charge in [-0.25, -0.2) is 0 Å². The lowest BCUT2D eigenvalue weighted by molar-refractivity contribution is -0.127. The Hall–Kier alpha value is -1.29. The molecule has 0 aliphatic carbocycles. The molecule has 0 aromatic carbocycles. The van der Waals surface area contributed by atoms with E-state index in [9.17, 15) is 4.79 Å². The Balaban J connectivity index is 2.41. The molecular formula is C11H18N2O2. The zero-order valence-electron chi connectivity index (χ0n) is 9.16. The largest absolute Gasteiger partial charge is 0.396 e. The maximum Gasteiger partial charge on any atom is 0.226 e. The van der Waals surface area contributed by atoms with Gasteiger partial charge in [0, 0.05) is 11.9 Å². The van der Waals surface area contributed by atoms with Crippen LogP contribution in [0.1, 0.15) is 19.5 Å². The van der Waals surface area contributed by atoms with E-state index < -0.39 is 0 Å². The van der Waals surface area contributed by atoms with Crippen molar-refractivity contribution in [1.29, 1.82) is 0 Å². The Labute approximate surface area is 89.7 Å². The molecule has 1 aromatic heterocycles. The highest BCUT2D eigenvalue weighted by Crippen LogP contribution is 2.10. The van der Waals surface area contributed by atoms with Crippen LogP contribution in [-0.4, -0.2) is 22.6 Å². The minimum Gasteiger partial charge on any atom is -0.396 e. The van der Waals surface area contributed by atoms with Gasteiger partial charge in [-0.2, -0.15) is 0 Å². The summed E-state index contributed by atoms with van der Waals surface area (Å²) < 4.78 is 0. The van der Waals surface area contributed by atoms with Gasteiger partial charge in [0.05, 0.1) is 19.1 Å². The van der Waals surface area contributed by atoms with Crippen LogP contribution in [0, 0.1) is 11.8 Å². The van der Waals surface area contributed by atoms with Gasteiger partial charge < -0.3 is 15.4 Å².